The minimum Gasteiger partial charge on any atom is -0.456 e. The molecule has 1 aliphatic heterocycles. The van der Waals surface area contributed by atoms with E-state index in [9.17, 15) is 19.2 Å². The number of rotatable bonds is 6. The molecule has 0 aromatic heterocycles. The smallest absolute Gasteiger partial charge is 0.307 e. The van der Waals surface area contributed by atoms with Crippen LogP contribution >= 0.6 is 11.8 Å². The predicted molar refractivity (Wildman–Crippen MR) is 110 cm³/mol. The summed E-state index contributed by atoms with van der Waals surface area (Å²) < 4.78 is 4.99. The van der Waals surface area contributed by atoms with Crippen molar-refractivity contribution in [2.24, 2.45) is 0 Å². The topological polar surface area (TPSA) is 114 Å². The molecule has 8 nitrogen and oxygen atoms in total. The third-order valence-corrected chi connectivity index (χ3v) is 5.19. The molecule has 0 radical (unpaired) electrons. The third kappa shape index (κ3) is 5.82. The van der Waals surface area contributed by atoms with Crippen LogP contribution in [0, 0.1) is 0 Å². The molecular weight excluding hydrogens is 394 g/mol. The van der Waals surface area contributed by atoms with Gasteiger partial charge in [-0.2, -0.15) is 0 Å². The third-order valence-electron chi connectivity index (χ3n) is 3.91. The highest BCUT2D eigenvalue weighted by Crippen LogP contribution is 2.36. The van der Waals surface area contributed by atoms with E-state index in [1.165, 1.54) is 18.7 Å². The van der Waals surface area contributed by atoms with Crippen molar-refractivity contribution in [1.82, 2.24) is 0 Å². The first-order valence-electron chi connectivity index (χ1n) is 8.80. The average molecular weight is 413 g/mol. The van der Waals surface area contributed by atoms with Gasteiger partial charge in [-0.1, -0.05) is 12.1 Å². The molecule has 1 atom stereocenters. The Bertz CT molecular complexity index is 945. The summed E-state index contributed by atoms with van der Waals surface area (Å²) in [5.41, 5.74) is 1.82. The Morgan fingerprint density at radius 1 is 1.03 bits per heavy atom. The van der Waals surface area contributed by atoms with E-state index in [-0.39, 0.29) is 18.2 Å². The zero-order chi connectivity index (χ0) is 20.8. The van der Waals surface area contributed by atoms with Gasteiger partial charge in [-0.25, -0.2) is 0 Å². The lowest BCUT2D eigenvalue weighted by atomic mass is 10.2. The Hall–Kier alpha value is -3.33. The van der Waals surface area contributed by atoms with Gasteiger partial charge in [0.25, 0.3) is 5.91 Å². The van der Waals surface area contributed by atoms with E-state index in [0.717, 1.165) is 10.6 Å². The van der Waals surface area contributed by atoms with Gasteiger partial charge in [-0.05, 0) is 36.4 Å². The van der Waals surface area contributed by atoms with Crippen molar-refractivity contribution in [3.05, 3.63) is 48.5 Å². The first-order chi connectivity index (χ1) is 13.9. The molecule has 2 aromatic carbocycles. The van der Waals surface area contributed by atoms with E-state index >= 15 is 0 Å². The monoisotopic (exact) mass is 413 g/mol. The van der Waals surface area contributed by atoms with E-state index in [0.29, 0.717) is 11.4 Å². The number of para-hydroxylation sites is 1. The van der Waals surface area contributed by atoms with Crippen molar-refractivity contribution in [3.8, 4) is 0 Å². The Kier molecular flexibility index (Phi) is 6.50. The van der Waals surface area contributed by atoms with Crippen molar-refractivity contribution < 1.29 is 23.9 Å². The minimum absolute atomic E-state index is 0.135. The number of anilines is 3. The number of benzene rings is 2. The van der Waals surface area contributed by atoms with E-state index in [2.05, 4.69) is 16.0 Å². The molecule has 3 N–H and O–H groups in total. The molecule has 0 saturated carbocycles. The van der Waals surface area contributed by atoms with Gasteiger partial charge in [0, 0.05) is 23.2 Å². The summed E-state index contributed by atoms with van der Waals surface area (Å²) in [6.45, 7) is 0.945. The molecule has 0 saturated heterocycles. The Morgan fingerprint density at radius 3 is 2.38 bits per heavy atom. The van der Waals surface area contributed by atoms with Gasteiger partial charge in [-0.15, -0.1) is 11.8 Å². The van der Waals surface area contributed by atoms with Crippen molar-refractivity contribution in [3.63, 3.8) is 0 Å². The quantitative estimate of drug-likeness (QED) is 0.628. The molecule has 3 rings (SSSR count). The molecule has 0 bridgehead atoms. The molecule has 29 heavy (non-hydrogen) atoms. The van der Waals surface area contributed by atoms with Crippen LogP contribution in [-0.2, 0) is 23.9 Å². The summed E-state index contributed by atoms with van der Waals surface area (Å²) >= 11 is 1.29. The molecule has 9 heteroatoms. The Labute approximate surface area is 171 Å². The second-order valence-electron chi connectivity index (χ2n) is 6.26. The Morgan fingerprint density at radius 2 is 1.69 bits per heavy atom. The second-order valence-corrected chi connectivity index (χ2v) is 7.51. The van der Waals surface area contributed by atoms with Crippen molar-refractivity contribution in [2.45, 2.75) is 23.5 Å². The van der Waals surface area contributed by atoms with Crippen LogP contribution in [0.1, 0.15) is 13.3 Å². The maximum absolute atomic E-state index is 12.1. The van der Waals surface area contributed by atoms with Crippen LogP contribution < -0.4 is 16.0 Å². The zero-order valence-electron chi connectivity index (χ0n) is 15.6. The number of esters is 1. The number of carbonyl (C=O) groups is 4. The lowest BCUT2D eigenvalue weighted by Crippen LogP contribution is -2.32. The number of hydrogen-bond donors (Lipinski definition) is 3. The van der Waals surface area contributed by atoms with Gasteiger partial charge in [0.2, 0.25) is 11.8 Å². The van der Waals surface area contributed by atoms with Crippen LogP contribution in [0.2, 0.25) is 0 Å². The average Bonchev–Trinajstić information content (AvgIpc) is 2.68. The van der Waals surface area contributed by atoms with Gasteiger partial charge >= 0.3 is 5.97 Å². The number of fused-ring (bicyclic) bond motifs is 1. The molecule has 2 aromatic rings. The predicted octanol–water partition coefficient (Wildman–Crippen LogP) is 2.63. The van der Waals surface area contributed by atoms with E-state index < -0.39 is 23.7 Å². The number of carbonyl (C=O) groups excluding carboxylic acids is 4. The highest BCUT2D eigenvalue weighted by Gasteiger charge is 2.29. The summed E-state index contributed by atoms with van der Waals surface area (Å²) in [5.74, 6) is -1.60. The van der Waals surface area contributed by atoms with Gasteiger partial charge < -0.3 is 20.7 Å². The summed E-state index contributed by atoms with van der Waals surface area (Å²) in [4.78, 5) is 48.0. The molecule has 0 fully saturated rings. The molecule has 1 heterocycles. The first-order valence-corrected chi connectivity index (χ1v) is 9.68. The van der Waals surface area contributed by atoms with Crippen molar-refractivity contribution in [2.75, 3.05) is 22.6 Å². The molecule has 0 spiro atoms. The fourth-order valence-electron chi connectivity index (χ4n) is 2.62. The first kappa shape index (κ1) is 20.4. The fourth-order valence-corrected chi connectivity index (χ4v) is 3.72. The summed E-state index contributed by atoms with van der Waals surface area (Å²) in [5, 5.41) is 7.35. The summed E-state index contributed by atoms with van der Waals surface area (Å²) in [6, 6.07) is 13.8. The maximum Gasteiger partial charge on any atom is 0.307 e. The lowest BCUT2D eigenvalue weighted by molar-refractivity contribution is -0.147. The van der Waals surface area contributed by atoms with Crippen LogP contribution in [0.4, 0.5) is 17.1 Å². The van der Waals surface area contributed by atoms with Crippen molar-refractivity contribution in [1.29, 1.82) is 0 Å². The van der Waals surface area contributed by atoms with E-state index in [1.807, 2.05) is 18.2 Å². The summed E-state index contributed by atoms with van der Waals surface area (Å²) in [6.07, 6.45) is -0.135. The van der Waals surface area contributed by atoms with Gasteiger partial charge in [-0.3, -0.25) is 19.2 Å². The van der Waals surface area contributed by atoms with Crippen LogP contribution in [0.25, 0.3) is 0 Å². The standard InChI is InChI=1S/C20H19N3O5S/c1-12(24)21-13-6-8-14(9-7-13)22-18(25)11-28-19(26)10-17-20(27)23-15-4-2-3-5-16(15)29-17/h2-9,17H,10-11H2,1H3,(H,21,24)(H,22,25)(H,23,27)/t17-/m1/s1. The molecular formula is C20H19N3O5S. The van der Waals surface area contributed by atoms with Crippen LogP contribution in [0.3, 0.4) is 0 Å². The van der Waals surface area contributed by atoms with E-state index in [1.54, 1.807) is 30.3 Å². The summed E-state index contributed by atoms with van der Waals surface area (Å²) in [7, 11) is 0. The number of hydrogen-bond acceptors (Lipinski definition) is 6. The molecule has 0 aliphatic carbocycles. The molecule has 150 valence electrons. The highest BCUT2D eigenvalue weighted by atomic mass is 32.2. The highest BCUT2D eigenvalue weighted by molar-refractivity contribution is 8.01. The zero-order valence-corrected chi connectivity index (χ0v) is 16.4. The largest absolute Gasteiger partial charge is 0.456 e. The van der Waals surface area contributed by atoms with E-state index in [4.69, 9.17) is 4.74 Å². The van der Waals surface area contributed by atoms with Gasteiger partial charge in [0.15, 0.2) is 6.61 Å². The number of amides is 3. The minimum atomic E-state index is -0.631. The Balaban J connectivity index is 1.45. The number of thioether (sulfide) groups is 1. The number of ether oxygens (including phenoxy) is 1. The van der Waals surface area contributed by atoms with Gasteiger partial charge in [0.05, 0.1) is 17.4 Å². The van der Waals surface area contributed by atoms with Crippen LogP contribution in [-0.4, -0.2) is 35.5 Å². The lowest BCUT2D eigenvalue weighted by Gasteiger charge is -2.23. The number of nitrogens with one attached hydrogen (secondary N) is 3. The maximum atomic E-state index is 12.1. The molecule has 1 aliphatic rings. The van der Waals surface area contributed by atoms with Gasteiger partial charge in [0.1, 0.15) is 0 Å². The van der Waals surface area contributed by atoms with Crippen LogP contribution in [0.15, 0.2) is 53.4 Å². The second kappa shape index (κ2) is 9.24. The van der Waals surface area contributed by atoms with Crippen molar-refractivity contribution >= 4 is 52.5 Å². The SMILES string of the molecule is CC(=O)Nc1ccc(NC(=O)COC(=O)C[C@H]2Sc3ccccc3NC2=O)cc1. The van der Waals surface area contributed by atoms with Crippen LogP contribution in [0.5, 0.6) is 0 Å². The molecule has 0 unspecified atom stereocenters. The normalized spacial score (nSPS) is 14.9. The molecule has 3 amide bonds. The fraction of sp³-hybridized carbons (Fsp3) is 0.200.